The fraction of sp³-hybridized carbons (Fsp3) is 0.577. The largest absolute Gasteiger partial charge is 0.481 e. The number of carbonyl (C=O) groups is 5. The first kappa shape index (κ1) is 29.8. The predicted octanol–water partition coefficient (Wildman–Crippen LogP) is 0.177. The number of amides is 4. The molecule has 1 aliphatic rings. The van der Waals surface area contributed by atoms with Gasteiger partial charge in [-0.15, -0.1) is 0 Å². The molecule has 0 aliphatic carbocycles. The zero-order valence-electron chi connectivity index (χ0n) is 21.4. The van der Waals surface area contributed by atoms with Crippen LogP contribution in [-0.4, -0.2) is 77.9 Å². The Hall–Kier alpha value is -3.47. The lowest BCUT2D eigenvalue weighted by Gasteiger charge is -2.25. The Morgan fingerprint density at radius 2 is 1.76 bits per heavy atom. The van der Waals surface area contributed by atoms with Gasteiger partial charge in [0, 0.05) is 19.4 Å². The number of carboxylic acids is 1. The zero-order valence-corrected chi connectivity index (χ0v) is 21.4. The van der Waals surface area contributed by atoms with E-state index in [1.807, 2.05) is 0 Å². The molecule has 0 unspecified atom stereocenters. The zero-order chi connectivity index (χ0) is 27.2. The average molecular weight is 518 g/mol. The summed E-state index contributed by atoms with van der Waals surface area (Å²) in [6, 6.07) is 6.36. The van der Waals surface area contributed by atoms with Crippen LogP contribution in [0.3, 0.4) is 0 Å². The average Bonchev–Trinajstić information content (AvgIpc) is 2.87. The smallest absolute Gasteiger partial charge is 0.305 e. The Bertz CT molecular complexity index is 919. The van der Waals surface area contributed by atoms with Crippen LogP contribution in [0.15, 0.2) is 30.3 Å². The minimum atomic E-state index is -1.43. The number of carbonyl (C=O) groups excluding carboxylic acids is 4. The SMILES string of the molecule is CCN(CC(=O)N[C@@H](CC(=O)O)C(=O)N[C@@H](Cc1ccccc1)C(N)=O)C(=O)CCCC1CCNCC1. The van der Waals surface area contributed by atoms with Crippen molar-refractivity contribution in [2.24, 2.45) is 11.7 Å². The van der Waals surface area contributed by atoms with Crippen molar-refractivity contribution in [3.63, 3.8) is 0 Å². The molecule has 6 N–H and O–H groups in total. The molecule has 0 radical (unpaired) electrons. The van der Waals surface area contributed by atoms with Gasteiger partial charge in [0.05, 0.1) is 13.0 Å². The molecule has 0 saturated carbocycles. The van der Waals surface area contributed by atoms with E-state index in [0.29, 0.717) is 18.9 Å². The number of nitrogens with zero attached hydrogens (tertiary/aromatic N) is 1. The molecule has 11 nitrogen and oxygen atoms in total. The number of nitrogens with two attached hydrogens (primary N) is 1. The highest BCUT2D eigenvalue weighted by Gasteiger charge is 2.28. The summed E-state index contributed by atoms with van der Waals surface area (Å²) in [7, 11) is 0. The summed E-state index contributed by atoms with van der Waals surface area (Å²) in [5, 5.41) is 17.4. The van der Waals surface area contributed by atoms with Crippen LogP contribution in [0.4, 0.5) is 0 Å². The molecule has 1 heterocycles. The first-order chi connectivity index (χ1) is 17.7. The molecule has 0 aromatic heterocycles. The third-order valence-electron chi connectivity index (χ3n) is 6.50. The van der Waals surface area contributed by atoms with E-state index in [0.717, 1.165) is 44.3 Å². The van der Waals surface area contributed by atoms with Gasteiger partial charge in [-0.25, -0.2) is 0 Å². The van der Waals surface area contributed by atoms with E-state index in [-0.39, 0.29) is 18.9 Å². The molecule has 37 heavy (non-hydrogen) atoms. The predicted molar refractivity (Wildman–Crippen MR) is 137 cm³/mol. The lowest BCUT2D eigenvalue weighted by atomic mass is 9.92. The third-order valence-corrected chi connectivity index (χ3v) is 6.50. The second-order valence-electron chi connectivity index (χ2n) is 9.36. The fourth-order valence-electron chi connectivity index (χ4n) is 4.39. The number of hydrogen-bond acceptors (Lipinski definition) is 6. The van der Waals surface area contributed by atoms with E-state index in [1.54, 1.807) is 37.3 Å². The van der Waals surface area contributed by atoms with E-state index >= 15 is 0 Å². The maximum atomic E-state index is 12.8. The van der Waals surface area contributed by atoms with Gasteiger partial charge in [-0.3, -0.25) is 24.0 Å². The van der Waals surface area contributed by atoms with Gasteiger partial charge in [0.15, 0.2) is 0 Å². The van der Waals surface area contributed by atoms with Crippen molar-refractivity contribution in [1.29, 1.82) is 0 Å². The van der Waals surface area contributed by atoms with Crippen molar-refractivity contribution in [3.05, 3.63) is 35.9 Å². The Kier molecular flexibility index (Phi) is 12.5. The quantitative estimate of drug-likeness (QED) is 0.221. The van der Waals surface area contributed by atoms with Crippen LogP contribution in [0.25, 0.3) is 0 Å². The molecular weight excluding hydrogens is 478 g/mol. The number of benzene rings is 1. The van der Waals surface area contributed by atoms with E-state index < -0.39 is 42.2 Å². The van der Waals surface area contributed by atoms with Crippen molar-refractivity contribution >= 4 is 29.6 Å². The number of primary amides is 1. The molecule has 0 spiro atoms. The van der Waals surface area contributed by atoms with Gasteiger partial charge < -0.3 is 31.7 Å². The van der Waals surface area contributed by atoms with Crippen LogP contribution in [0.5, 0.6) is 0 Å². The van der Waals surface area contributed by atoms with Crippen molar-refractivity contribution in [2.45, 2.75) is 64.0 Å². The van der Waals surface area contributed by atoms with Crippen LogP contribution < -0.4 is 21.7 Å². The molecule has 1 aromatic rings. The Labute approximate surface area is 217 Å². The molecule has 11 heteroatoms. The molecule has 0 bridgehead atoms. The molecule has 1 aliphatic heterocycles. The third kappa shape index (κ3) is 11.0. The van der Waals surface area contributed by atoms with Crippen molar-refractivity contribution in [1.82, 2.24) is 20.9 Å². The van der Waals surface area contributed by atoms with Crippen LogP contribution in [0.1, 0.15) is 51.0 Å². The summed E-state index contributed by atoms with van der Waals surface area (Å²) in [5.74, 6) is -3.15. The molecule has 1 saturated heterocycles. The molecular formula is C26H39N5O6. The summed E-state index contributed by atoms with van der Waals surface area (Å²) in [4.78, 5) is 62.8. The number of hydrogen-bond donors (Lipinski definition) is 5. The van der Waals surface area contributed by atoms with E-state index in [1.165, 1.54) is 4.90 Å². The number of piperidine rings is 1. The van der Waals surface area contributed by atoms with Gasteiger partial charge in [-0.05, 0) is 57.2 Å². The highest BCUT2D eigenvalue weighted by molar-refractivity contribution is 5.94. The summed E-state index contributed by atoms with van der Waals surface area (Å²) >= 11 is 0. The number of carboxylic acid groups (broad SMARTS) is 1. The number of nitrogens with one attached hydrogen (secondary N) is 3. The lowest BCUT2D eigenvalue weighted by Crippen LogP contribution is -2.55. The van der Waals surface area contributed by atoms with E-state index in [2.05, 4.69) is 16.0 Å². The van der Waals surface area contributed by atoms with Gasteiger partial charge in [-0.2, -0.15) is 0 Å². The van der Waals surface area contributed by atoms with Crippen LogP contribution in [0, 0.1) is 5.92 Å². The Morgan fingerprint density at radius 1 is 1.08 bits per heavy atom. The van der Waals surface area contributed by atoms with Gasteiger partial charge in [0.1, 0.15) is 12.1 Å². The topological polar surface area (TPSA) is 171 Å². The molecule has 1 aromatic carbocycles. The summed E-state index contributed by atoms with van der Waals surface area (Å²) in [6.45, 7) is 3.75. The standard InChI is InChI=1S/C26H39N5O6/c1-2-31(23(33)10-6-9-18-11-13-28-14-12-18)17-22(32)29-21(16-24(34)35)26(37)30-20(25(27)36)15-19-7-4-3-5-8-19/h3-5,7-8,18,20-21,28H,2,6,9-17H2,1H3,(H2,27,36)(H,29,32)(H,30,37)(H,34,35)/t20-,21-/m0/s1. The van der Waals surface area contributed by atoms with Gasteiger partial charge in [-0.1, -0.05) is 30.3 Å². The monoisotopic (exact) mass is 517 g/mol. The fourth-order valence-corrected chi connectivity index (χ4v) is 4.39. The summed E-state index contributed by atoms with van der Waals surface area (Å²) in [6.07, 6.45) is 3.65. The normalized spacial score (nSPS) is 15.3. The van der Waals surface area contributed by atoms with Gasteiger partial charge in [0.25, 0.3) is 0 Å². The maximum Gasteiger partial charge on any atom is 0.305 e. The lowest BCUT2D eigenvalue weighted by molar-refractivity contribution is -0.142. The first-order valence-electron chi connectivity index (χ1n) is 12.8. The minimum absolute atomic E-state index is 0.116. The second-order valence-corrected chi connectivity index (χ2v) is 9.36. The van der Waals surface area contributed by atoms with Crippen LogP contribution >= 0.6 is 0 Å². The van der Waals surface area contributed by atoms with E-state index in [9.17, 15) is 29.1 Å². The summed E-state index contributed by atoms with van der Waals surface area (Å²) in [5.41, 5.74) is 6.19. The number of rotatable bonds is 15. The Morgan fingerprint density at radius 3 is 2.35 bits per heavy atom. The maximum absolute atomic E-state index is 12.8. The number of likely N-dealkylation sites (N-methyl/N-ethyl adjacent to an activating group) is 1. The molecule has 2 rings (SSSR count). The van der Waals surface area contributed by atoms with Crippen molar-refractivity contribution < 1.29 is 29.1 Å². The molecule has 204 valence electrons. The molecule has 1 fully saturated rings. The highest BCUT2D eigenvalue weighted by Crippen LogP contribution is 2.19. The van der Waals surface area contributed by atoms with Gasteiger partial charge >= 0.3 is 5.97 Å². The molecule has 2 atom stereocenters. The summed E-state index contributed by atoms with van der Waals surface area (Å²) < 4.78 is 0. The first-order valence-corrected chi connectivity index (χ1v) is 12.8. The Balaban J connectivity index is 1.92. The second kappa shape index (κ2) is 15.6. The highest BCUT2D eigenvalue weighted by atomic mass is 16.4. The van der Waals surface area contributed by atoms with Crippen LogP contribution in [0.2, 0.25) is 0 Å². The molecule has 4 amide bonds. The van der Waals surface area contributed by atoms with Crippen molar-refractivity contribution in [2.75, 3.05) is 26.2 Å². The van der Waals surface area contributed by atoms with Gasteiger partial charge in [0.2, 0.25) is 23.6 Å². The minimum Gasteiger partial charge on any atom is -0.481 e. The van der Waals surface area contributed by atoms with Crippen molar-refractivity contribution in [3.8, 4) is 0 Å². The van der Waals surface area contributed by atoms with Crippen LogP contribution in [-0.2, 0) is 30.4 Å². The van der Waals surface area contributed by atoms with E-state index in [4.69, 9.17) is 5.73 Å². The number of aliphatic carboxylic acids is 1.